The molecule has 2 N–H and O–H groups in total. The van der Waals surface area contributed by atoms with Gasteiger partial charge in [-0.05, 0) is 24.0 Å². The lowest BCUT2D eigenvalue weighted by Gasteiger charge is -2.42. The molecule has 1 aliphatic rings. The minimum Gasteiger partial charge on any atom is -0.327 e. The summed E-state index contributed by atoms with van der Waals surface area (Å²) in [5.41, 5.74) is 7.49. The molecule has 1 atom stereocenters. The van der Waals surface area contributed by atoms with Crippen LogP contribution in [0, 0.1) is 5.41 Å². The zero-order chi connectivity index (χ0) is 11.6. The van der Waals surface area contributed by atoms with E-state index in [9.17, 15) is 0 Å². The highest BCUT2D eigenvalue weighted by Gasteiger charge is 2.33. The Bertz CT molecular complexity index is 334. The lowest BCUT2D eigenvalue weighted by molar-refractivity contribution is 0.0889. The second kappa shape index (κ2) is 4.52. The molecule has 1 unspecified atom stereocenters. The maximum absolute atomic E-state index is 6.13. The van der Waals surface area contributed by atoms with E-state index in [0.29, 0.717) is 6.04 Å². The number of likely N-dealkylation sites (tertiary alicyclic amines) is 1. The number of nitrogens with two attached hydrogens (primary N) is 1. The summed E-state index contributed by atoms with van der Waals surface area (Å²) in [6.07, 6.45) is 2.94. The molecule has 0 bridgehead atoms. The highest BCUT2D eigenvalue weighted by Crippen LogP contribution is 2.28. The minimum absolute atomic E-state index is 0.215. The normalized spacial score (nSPS) is 25.6. The van der Waals surface area contributed by atoms with Gasteiger partial charge in [-0.2, -0.15) is 0 Å². The van der Waals surface area contributed by atoms with Crippen LogP contribution >= 0.6 is 0 Å². The van der Waals surface area contributed by atoms with Crippen LogP contribution < -0.4 is 5.73 Å². The highest BCUT2D eigenvalue weighted by molar-refractivity contribution is 5.04. The van der Waals surface area contributed by atoms with Gasteiger partial charge in [0.15, 0.2) is 0 Å². The van der Waals surface area contributed by atoms with E-state index >= 15 is 0 Å². The van der Waals surface area contributed by atoms with Crippen molar-refractivity contribution >= 4 is 0 Å². The molecule has 0 aliphatic carbocycles. The third-order valence-corrected chi connectivity index (χ3v) is 3.50. The summed E-state index contributed by atoms with van der Waals surface area (Å²) in [7, 11) is 0. The molecule has 2 heterocycles. The van der Waals surface area contributed by atoms with E-state index in [1.54, 1.807) is 0 Å². The maximum atomic E-state index is 6.13. The van der Waals surface area contributed by atoms with E-state index in [4.69, 9.17) is 5.73 Å². The topological polar surface area (TPSA) is 42.2 Å². The Morgan fingerprint density at radius 3 is 2.94 bits per heavy atom. The molecule has 1 aromatic heterocycles. The number of rotatable bonds is 2. The van der Waals surface area contributed by atoms with E-state index in [1.807, 2.05) is 18.3 Å². The SMILES string of the molecule is CC1(C)CN(Cc2ccccn2)CCC1N. The summed E-state index contributed by atoms with van der Waals surface area (Å²) in [5.74, 6) is 0. The monoisotopic (exact) mass is 219 g/mol. The number of aromatic nitrogens is 1. The van der Waals surface area contributed by atoms with E-state index in [0.717, 1.165) is 31.7 Å². The first-order valence-electron chi connectivity index (χ1n) is 5.96. The quantitative estimate of drug-likeness (QED) is 0.822. The molecule has 16 heavy (non-hydrogen) atoms. The third kappa shape index (κ3) is 2.60. The van der Waals surface area contributed by atoms with Gasteiger partial charge in [-0.3, -0.25) is 9.88 Å². The lowest BCUT2D eigenvalue weighted by Crippen LogP contribution is -2.52. The molecule has 1 aliphatic heterocycles. The molecule has 0 spiro atoms. The van der Waals surface area contributed by atoms with Gasteiger partial charge in [0.25, 0.3) is 0 Å². The van der Waals surface area contributed by atoms with Gasteiger partial charge in [-0.15, -0.1) is 0 Å². The summed E-state index contributed by atoms with van der Waals surface area (Å²) in [5, 5.41) is 0. The molecule has 1 fully saturated rings. The molecule has 88 valence electrons. The van der Waals surface area contributed by atoms with Gasteiger partial charge < -0.3 is 5.73 Å². The van der Waals surface area contributed by atoms with Crippen molar-refractivity contribution in [1.29, 1.82) is 0 Å². The Morgan fingerprint density at radius 2 is 2.31 bits per heavy atom. The van der Waals surface area contributed by atoms with Crippen molar-refractivity contribution in [2.24, 2.45) is 11.1 Å². The first-order valence-corrected chi connectivity index (χ1v) is 5.96. The van der Waals surface area contributed by atoms with E-state index < -0.39 is 0 Å². The number of nitrogens with zero attached hydrogens (tertiary/aromatic N) is 2. The summed E-state index contributed by atoms with van der Waals surface area (Å²) >= 11 is 0. The molecule has 1 aromatic rings. The summed E-state index contributed by atoms with van der Waals surface area (Å²) in [6.45, 7) is 7.59. The van der Waals surface area contributed by atoms with Gasteiger partial charge in [0, 0.05) is 31.9 Å². The predicted molar refractivity (Wildman–Crippen MR) is 65.9 cm³/mol. The van der Waals surface area contributed by atoms with E-state index in [-0.39, 0.29) is 5.41 Å². The average Bonchev–Trinajstić information content (AvgIpc) is 2.25. The number of hydrogen-bond acceptors (Lipinski definition) is 3. The van der Waals surface area contributed by atoms with Crippen LogP contribution in [-0.2, 0) is 6.54 Å². The van der Waals surface area contributed by atoms with Crippen molar-refractivity contribution in [2.45, 2.75) is 32.9 Å². The fourth-order valence-corrected chi connectivity index (χ4v) is 2.34. The average molecular weight is 219 g/mol. The predicted octanol–water partition coefficient (Wildman–Crippen LogP) is 1.64. The molecule has 0 radical (unpaired) electrons. The molecule has 3 nitrogen and oxygen atoms in total. The molecule has 0 saturated carbocycles. The van der Waals surface area contributed by atoms with Crippen LogP contribution in [0.2, 0.25) is 0 Å². The molecular formula is C13H21N3. The third-order valence-electron chi connectivity index (χ3n) is 3.50. The Hall–Kier alpha value is -0.930. The maximum Gasteiger partial charge on any atom is 0.0543 e. The van der Waals surface area contributed by atoms with Crippen LogP contribution in [0.15, 0.2) is 24.4 Å². The molecule has 0 aromatic carbocycles. The van der Waals surface area contributed by atoms with Crippen molar-refractivity contribution in [3.63, 3.8) is 0 Å². The van der Waals surface area contributed by atoms with Crippen LogP contribution in [0.4, 0.5) is 0 Å². The van der Waals surface area contributed by atoms with Gasteiger partial charge in [0.05, 0.1) is 5.69 Å². The zero-order valence-corrected chi connectivity index (χ0v) is 10.2. The van der Waals surface area contributed by atoms with Gasteiger partial charge in [-0.25, -0.2) is 0 Å². The van der Waals surface area contributed by atoms with Crippen LogP contribution in [-0.4, -0.2) is 29.0 Å². The largest absolute Gasteiger partial charge is 0.327 e. The lowest BCUT2D eigenvalue weighted by atomic mass is 9.80. The number of pyridine rings is 1. The van der Waals surface area contributed by atoms with Crippen LogP contribution in [0.5, 0.6) is 0 Å². The fraction of sp³-hybridized carbons (Fsp3) is 0.615. The summed E-state index contributed by atoms with van der Waals surface area (Å²) in [4.78, 5) is 6.82. The Labute approximate surface area is 97.7 Å². The van der Waals surface area contributed by atoms with E-state index in [1.165, 1.54) is 0 Å². The van der Waals surface area contributed by atoms with E-state index in [2.05, 4.69) is 29.8 Å². The van der Waals surface area contributed by atoms with Crippen molar-refractivity contribution in [1.82, 2.24) is 9.88 Å². The standard InChI is InChI=1S/C13H21N3/c1-13(2)10-16(8-6-12(13)14)9-11-5-3-4-7-15-11/h3-5,7,12H,6,8-10,14H2,1-2H3. The Kier molecular flexibility index (Phi) is 3.26. The van der Waals surface area contributed by atoms with Crippen molar-refractivity contribution in [3.8, 4) is 0 Å². The summed E-state index contributed by atoms with van der Waals surface area (Å²) < 4.78 is 0. The van der Waals surface area contributed by atoms with Gasteiger partial charge in [0.1, 0.15) is 0 Å². The molecular weight excluding hydrogens is 198 g/mol. The molecule has 0 amide bonds. The van der Waals surface area contributed by atoms with Crippen molar-refractivity contribution in [2.75, 3.05) is 13.1 Å². The Balaban J connectivity index is 1.97. The first-order chi connectivity index (χ1) is 7.58. The van der Waals surface area contributed by atoms with Gasteiger partial charge in [-0.1, -0.05) is 19.9 Å². The summed E-state index contributed by atoms with van der Waals surface area (Å²) in [6, 6.07) is 6.41. The minimum atomic E-state index is 0.215. The fourth-order valence-electron chi connectivity index (χ4n) is 2.34. The smallest absolute Gasteiger partial charge is 0.0543 e. The van der Waals surface area contributed by atoms with Crippen molar-refractivity contribution in [3.05, 3.63) is 30.1 Å². The van der Waals surface area contributed by atoms with Crippen LogP contribution in [0.25, 0.3) is 0 Å². The molecule has 2 rings (SSSR count). The highest BCUT2D eigenvalue weighted by atomic mass is 15.2. The van der Waals surface area contributed by atoms with Gasteiger partial charge >= 0.3 is 0 Å². The van der Waals surface area contributed by atoms with Crippen LogP contribution in [0.3, 0.4) is 0 Å². The Morgan fingerprint density at radius 1 is 1.50 bits per heavy atom. The van der Waals surface area contributed by atoms with Gasteiger partial charge in [0.2, 0.25) is 0 Å². The van der Waals surface area contributed by atoms with Crippen LogP contribution in [0.1, 0.15) is 26.0 Å². The second-order valence-electron chi connectivity index (χ2n) is 5.42. The number of piperidine rings is 1. The second-order valence-corrected chi connectivity index (χ2v) is 5.42. The zero-order valence-electron chi connectivity index (χ0n) is 10.2. The van der Waals surface area contributed by atoms with Crippen molar-refractivity contribution < 1.29 is 0 Å². The molecule has 1 saturated heterocycles. The number of hydrogen-bond donors (Lipinski definition) is 1. The first kappa shape index (κ1) is 11.6. The molecule has 3 heteroatoms.